The van der Waals surface area contributed by atoms with E-state index in [1.165, 1.54) is 0 Å². The van der Waals surface area contributed by atoms with E-state index in [-0.39, 0.29) is 0 Å². The Morgan fingerprint density at radius 1 is 1.12 bits per heavy atom. The zero-order valence-corrected chi connectivity index (χ0v) is 9.36. The highest BCUT2D eigenvalue weighted by Gasteiger charge is 1.98. The molecule has 0 spiro atoms. The van der Waals surface area contributed by atoms with E-state index < -0.39 is 0 Å². The van der Waals surface area contributed by atoms with Crippen molar-refractivity contribution in [3.63, 3.8) is 0 Å². The molecule has 0 saturated heterocycles. The third-order valence-electron chi connectivity index (χ3n) is 2.45. The molecule has 0 unspecified atom stereocenters. The molecule has 0 amide bonds. The summed E-state index contributed by atoms with van der Waals surface area (Å²) in [6.45, 7) is 2.86. The summed E-state index contributed by atoms with van der Waals surface area (Å²) < 4.78 is 5.58. The molecule has 0 aromatic heterocycles. The topological polar surface area (TPSA) is 9.23 Å². The van der Waals surface area contributed by atoms with Crippen LogP contribution < -0.4 is 4.74 Å². The lowest BCUT2D eigenvalue weighted by molar-refractivity contribution is 0.318. The number of fused-ring (bicyclic) bond motifs is 1. The van der Waals surface area contributed by atoms with Crippen LogP contribution in [0.1, 0.15) is 18.9 Å². The fraction of sp³-hybridized carbons (Fsp3) is 0.200. The summed E-state index contributed by atoms with van der Waals surface area (Å²) in [6.07, 6.45) is 6.38. The van der Waals surface area contributed by atoms with Gasteiger partial charge in [0.1, 0.15) is 5.75 Å². The van der Waals surface area contributed by atoms with Gasteiger partial charge < -0.3 is 4.74 Å². The van der Waals surface area contributed by atoms with Crippen molar-refractivity contribution in [1.82, 2.24) is 0 Å². The second-order valence-electron chi connectivity index (χ2n) is 3.72. The summed E-state index contributed by atoms with van der Waals surface area (Å²) in [6, 6.07) is 12.1. The van der Waals surface area contributed by atoms with Crippen LogP contribution in [0.2, 0.25) is 0 Å². The highest BCUT2D eigenvalue weighted by Crippen LogP contribution is 2.21. The second-order valence-corrected chi connectivity index (χ2v) is 3.72. The van der Waals surface area contributed by atoms with Gasteiger partial charge in [0.25, 0.3) is 0 Å². The zero-order chi connectivity index (χ0) is 11.4. The summed E-state index contributed by atoms with van der Waals surface area (Å²) in [5.41, 5.74) is 0.912. The number of ether oxygens (including phenoxy) is 1. The standard InChI is InChI=1S/C15H14O/c1-3-9-16-15-8-7-13-10-12(4-2)5-6-14(13)11-15/h2,5-8,10-11H,3,9H2,1H3. The van der Waals surface area contributed by atoms with Crippen LogP contribution in [0, 0.1) is 12.3 Å². The lowest BCUT2D eigenvalue weighted by atomic mass is 10.1. The van der Waals surface area contributed by atoms with Crippen molar-refractivity contribution in [2.75, 3.05) is 6.61 Å². The minimum Gasteiger partial charge on any atom is -0.494 e. The van der Waals surface area contributed by atoms with Crippen LogP contribution in [0.4, 0.5) is 0 Å². The molecule has 0 bridgehead atoms. The van der Waals surface area contributed by atoms with Crippen molar-refractivity contribution in [1.29, 1.82) is 0 Å². The Hall–Kier alpha value is -1.94. The zero-order valence-electron chi connectivity index (χ0n) is 9.36. The van der Waals surface area contributed by atoms with Crippen molar-refractivity contribution in [2.24, 2.45) is 0 Å². The van der Waals surface area contributed by atoms with E-state index in [0.717, 1.165) is 35.1 Å². The third kappa shape index (κ3) is 2.17. The van der Waals surface area contributed by atoms with Gasteiger partial charge in [0.15, 0.2) is 0 Å². The van der Waals surface area contributed by atoms with Crippen LogP contribution in [0.25, 0.3) is 10.8 Å². The van der Waals surface area contributed by atoms with Crippen LogP contribution in [-0.2, 0) is 0 Å². The van der Waals surface area contributed by atoms with E-state index in [9.17, 15) is 0 Å². The molecule has 0 heterocycles. The van der Waals surface area contributed by atoms with Gasteiger partial charge in [-0.3, -0.25) is 0 Å². The Labute approximate surface area is 96.1 Å². The largest absolute Gasteiger partial charge is 0.494 e. The van der Waals surface area contributed by atoms with Crippen LogP contribution in [0.15, 0.2) is 36.4 Å². The van der Waals surface area contributed by atoms with E-state index in [2.05, 4.69) is 12.8 Å². The first-order chi connectivity index (χ1) is 7.83. The SMILES string of the molecule is C#Cc1ccc2cc(OCCC)ccc2c1. The molecule has 0 N–H and O–H groups in total. The van der Waals surface area contributed by atoms with Gasteiger partial charge in [0, 0.05) is 5.56 Å². The first-order valence-corrected chi connectivity index (χ1v) is 5.46. The quantitative estimate of drug-likeness (QED) is 0.703. The summed E-state index contributed by atoms with van der Waals surface area (Å²) in [4.78, 5) is 0. The Bertz CT molecular complexity index is 535. The van der Waals surface area contributed by atoms with Crippen molar-refractivity contribution in [2.45, 2.75) is 13.3 Å². The van der Waals surface area contributed by atoms with Crippen LogP contribution in [-0.4, -0.2) is 6.61 Å². The number of hydrogen-bond donors (Lipinski definition) is 0. The van der Waals surface area contributed by atoms with Gasteiger partial charge >= 0.3 is 0 Å². The van der Waals surface area contributed by atoms with Gasteiger partial charge in [-0.05, 0) is 41.5 Å². The molecule has 2 aromatic carbocycles. The number of rotatable bonds is 3. The Kier molecular flexibility index (Phi) is 3.12. The average Bonchev–Trinajstić information content (AvgIpc) is 2.35. The maximum Gasteiger partial charge on any atom is 0.119 e. The first kappa shape index (κ1) is 10.6. The van der Waals surface area contributed by atoms with E-state index in [1.807, 2.05) is 36.4 Å². The summed E-state index contributed by atoms with van der Waals surface area (Å²) in [7, 11) is 0. The van der Waals surface area contributed by atoms with Crippen LogP contribution in [0.5, 0.6) is 5.75 Å². The van der Waals surface area contributed by atoms with Gasteiger partial charge in [-0.15, -0.1) is 6.42 Å². The van der Waals surface area contributed by atoms with Crippen molar-refractivity contribution in [3.8, 4) is 18.1 Å². The molecule has 0 aliphatic heterocycles. The van der Waals surface area contributed by atoms with E-state index in [1.54, 1.807) is 0 Å². The molecule has 0 fully saturated rings. The molecule has 16 heavy (non-hydrogen) atoms. The van der Waals surface area contributed by atoms with E-state index in [0.29, 0.717) is 0 Å². The minimum atomic E-state index is 0.758. The van der Waals surface area contributed by atoms with Crippen molar-refractivity contribution >= 4 is 10.8 Å². The average molecular weight is 210 g/mol. The molecular weight excluding hydrogens is 196 g/mol. The molecule has 0 atom stereocenters. The minimum absolute atomic E-state index is 0.758. The van der Waals surface area contributed by atoms with Gasteiger partial charge in [0.05, 0.1) is 6.61 Å². The van der Waals surface area contributed by atoms with Gasteiger partial charge in [-0.25, -0.2) is 0 Å². The fourth-order valence-corrected chi connectivity index (χ4v) is 1.62. The molecule has 0 aliphatic carbocycles. The third-order valence-corrected chi connectivity index (χ3v) is 2.45. The molecule has 0 aliphatic rings. The summed E-state index contributed by atoms with van der Waals surface area (Å²) in [5, 5.41) is 2.31. The molecule has 1 nitrogen and oxygen atoms in total. The van der Waals surface area contributed by atoms with Crippen LogP contribution >= 0.6 is 0 Å². The fourth-order valence-electron chi connectivity index (χ4n) is 1.62. The lowest BCUT2D eigenvalue weighted by Crippen LogP contribution is -1.94. The lowest BCUT2D eigenvalue weighted by Gasteiger charge is -2.06. The summed E-state index contributed by atoms with van der Waals surface area (Å²) >= 11 is 0. The predicted octanol–water partition coefficient (Wildman–Crippen LogP) is 3.61. The van der Waals surface area contributed by atoms with E-state index >= 15 is 0 Å². The molecule has 80 valence electrons. The van der Waals surface area contributed by atoms with Crippen LogP contribution in [0.3, 0.4) is 0 Å². The molecular formula is C15H14O. The van der Waals surface area contributed by atoms with Crippen molar-refractivity contribution < 1.29 is 4.74 Å². The predicted molar refractivity (Wildman–Crippen MR) is 67.7 cm³/mol. The number of benzene rings is 2. The van der Waals surface area contributed by atoms with E-state index in [4.69, 9.17) is 11.2 Å². The Morgan fingerprint density at radius 3 is 2.62 bits per heavy atom. The molecule has 0 saturated carbocycles. The Balaban J connectivity index is 2.37. The molecule has 2 rings (SSSR count). The smallest absolute Gasteiger partial charge is 0.119 e. The van der Waals surface area contributed by atoms with Gasteiger partial charge in [0.2, 0.25) is 0 Å². The molecule has 1 heteroatoms. The molecule has 0 radical (unpaired) electrons. The monoisotopic (exact) mass is 210 g/mol. The highest BCUT2D eigenvalue weighted by atomic mass is 16.5. The maximum absolute atomic E-state index is 5.58. The van der Waals surface area contributed by atoms with Crippen molar-refractivity contribution in [3.05, 3.63) is 42.0 Å². The highest BCUT2D eigenvalue weighted by molar-refractivity contribution is 5.85. The van der Waals surface area contributed by atoms with Gasteiger partial charge in [-0.2, -0.15) is 0 Å². The summed E-state index contributed by atoms with van der Waals surface area (Å²) in [5.74, 6) is 3.56. The second kappa shape index (κ2) is 4.72. The first-order valence-electron chi connectivity index (χ1n) is 5.46. The van der Waals surface area contributed by atoms with Gasteiger partial charge in [-0.1, -0.05) is 25.0 Å². The molecule has 2 aromatic rings. The Morgan fingerprint density at radius 2 is 1.88 bits per heavy atom. The number of hydrogen-bond acceptors (Lipinski definition) is 1. The normalized spacial score (nSPS) is 10.0. The number of terminal acetylenes is 1. The maximum atomic E-state index is 5.58.